The van der Waals surface area contributed by atoms with E-state index in [0.29, 0.717) is 42.3 Å². The summed E-state index contributed by atoms with van der Waals surface area (Å²) in [4.78, 5) is 14.3. The molecular weight excluding hydrogens is 532 g/mol. The first-order chi connectivity index (χ1) is 19.5. The Morgan fingerprint density at radius 3 is 2.77 bits per heavy atom. The van der Waals surface area contributed by atoms with Gasteiger partial charge in [-0.2, -0.15) is 0 Å². The zero-order valence-electron chi connectivity index (χ0n) is 22.9. The first kappa shape index (κ1) is 27.4. The minimum atomic E-state index is -2.56. The number of nitrogens with zero attached hydrogens (tertiary/aromatic N) is 4. The lowest BCUT2D eigenvalue weighted by Crippen LogP contribution is -2.54. The molecule has 0 saturated carbocycles. The lowest BCUT2D eigenvalue weighted by atomic mass is 9.69. The summed E-state index contributed by atoms with van der Waals surface area (Å²) in [6, 6.07) is 13.6. The van der Waals surface area contributed by atoms with Crippen LogP contribution in [0.15, 0.2) is 48.7 Å². The second kappa shape index (κ2) is 11.6. The Hall–Kier alpha value is -2.81. The number of ether oxygens (including phenoxy) is 1. The van der Waals surface area contributed by atoms with Crippen LogP contribution in [0, 0.1) is 0 Å². The third kappa shape index (κ3) is 5.41. The molecule has 3 aromatic rings. The van der Waals surface area contributed by atoms with Crippen molar-refractivity contribution in [1.29, 1.82) is 0 Å². The number of nitrogens with one attached hydrogen (secondary N) is 1. The fraction of sp³-hybridized carbons (Fsp3) is 0.484. The van der Waals surface area contributed by atoms with E-state index in [1.54, 1.807) is 18.3 Å². The summed E-state index contributed by atoms with van der Waals surface area (Å²) in [6.45, 7) is 7.71. The van der Waals surface area contributed by atoms with Crippen molar-refractivity contribution in [3.63, 3.8) is 0 Å². The normalized spacial score (nSPS) is 20.7. The van der Waals surface area contributed by atoms with Crippen molar-refractivity contribution in [2.24, 2.45) is 0 Å². The lowest BCUT2D eigenvalue weighted by Gasteiger charge is -2.49. The van der Waals surface area contributed by atoms with E-state index >= 15 is 0 Å². The van der Waals surface area contributed by atoms with Gasteiger partial charge in [-0.25, -0.2) is 13.8 Å². The second-order valence-electron chi connectivity index (χ2n) is 11.2. The number of hydrogen-bond donors (Lipinski definition) is 1. The zero-order chi connectivity index (χ0) is 27.7. The molecule has 1 spiro atoms. The summed E-state index contributed by atoms with van der Waals surface area (Å²) in [5, 5.41) is 3.99. The average Bonchev–Trinajstić information content (AvgIpc) is 3.47. The largest absolute Gasteiger partial charge is 0.477 e. The van der Waals surface area contributed by atoms with E-state index in [4.69, 9.17) is 21.3 Å². The third-order valence-corrected chi connectivity index (χ3v) is 8.94. The van der Waals surface area contributed by atoms with Crippen molar-refractivity contribution >= 4 is 17.3 Å². The molecule has 9 heteroatoms. The van der Waals surface area contributed by atoms with E-state index in [-0.39, 0.29) is 11.0 Å². The molecule has 3 aliphatic rings. The van der Waals surface area contributed by atoms with E-state index in [1.165, 1.54) is 24.5 Å². The monoisotopic (exact) mass is 567 g/mol. The smallest absolute Gasteiger partial charge is 0.265 e. The molecule has 2 saturated heterocycles. The van der Waals surface area contributed by atoms with Gasteiger partial charge in [0.25, 0.3) is 6.43 Å². The minimum absolute atomic E-state index is 0.00862. The highest BCUT2D eigenvalue weighted by molar-refractivity contribution is 6.30. The Kier molecular flexibility index (Phi) is 7.93. The van der Waals surface area contributed by atoms with Gasteiger partial charge in [0.1, 0.15) is 0 Å². The number of pyridine rings is 2. The van der Waals surface area contributed by atoms with Crippen molar-refractivity contribution in [2.75, 3.05) is 44.2 Å². The minimum Gasteiger partial charge on any atom is -0.477 e. The van der Waals surface area contributed by atoms with E-state index in [1.807, 2.05) is 19.1 Å². The number of halogens is 3. The lowest BCUT2D eigenvalue weighted by molar-refractivity contribution is 0.138. The molecule has 212 valence electrons. The molecule has 2 aromatic heterocycles. The van der Waals surface area contributed by atoms with Crippen molar-refractivity contribution in [2.45, 2.75) is 57.0 Å². The van der Waals surface area contributed by atoms with Crippen LogP contribution in [0.3, 0.4) is 0 Å². The molecule has 0 radical (unpaired) electrons. The van der Waals surface area contributed by atoms with Crippen LogP contribution in [0.25, 0.3) is 11.3 Å². The van der Waals surface area contributed by atoms with Gasteiger partial charge < -0.3 is 15.0 Å². The van der Waals surface area contributed by atoms with Gasteiger partial charge in [-0.05, 0) is 81.1 Å². The molecule has 1 aromatic carbocycles. The van der Waals surface area contributed by atoms with E-state index < -0.39 is 6.43 Å². The van der Waals surface area contributed by atoms with Crippen molar-refractivity contribution in [3.05, 3.63) is 70.5 Å². The van der Waals surface area contributed by atoms with Gasteiger partial charge in [-0.3, -0.25) is 9.88 Å². The number of hydrogen-bond acceptors (Lipinski definition) is 6. The quantitative estimate of drug-likeness (QED) is 0.365. The SMILES string of the molecule is CCOc1ncccc1-c1ccc2c(n1)CN(C[C@H]1CCCN1)CC21CCN(c2ccc(Cl)cc2C(F)F)CC1. The van der Waals surface area contributed by atoms with Crippen LogP contribution in [0.1, 0.15) is 55.9 Å². The molecule has 0 amide bonds. The highest BCUT2D eigenvalue weighted by Gasteiger charge is 2.43. The standard InChI is InChI=1S/C31H36ClF2N5O/c1-2-40-30-23(6-4-14-36-30)26-9-8-25-27(37-26)19-38(18-22-5-3-13-35-22)20-31(25)11-15-39(16-12-31)28-10-7-21(32)17-24(28)29(33)34/h4,6-10,14,17,22,29,35H,2-3,5,11-13,15-16,18-20H2,1H3/t22-/m1/s1. The van der Waals surface area contributed by atoms with Crippen molar-refractivity contribution < 1.29 is 13.5 Å². The molecule has 0 aliphatic carbocycles. The molecule has 6 rings (SSSR count). The highest BCUT2D eigenvalue weighted by atomic mass is 35.5. The maximum absolute atomic E-state index is 13.9. The van der Waals surface area contributed by atoms with Crippen LogP contribution in [-0.2, 0) is 12.0 Å². The third-order valence-electron chi connectivity index (χ3n) is 8.70. The van der Waals surface area contributed by atoms with Gasteiger partial charge in [0.15, 0.2) is 0 Å². The van der Waals surface area contributed by atoms with Crippen LogP contribution in [0.5, 0.6) is 5.88 Å². The first-order valence-corrected chi connectivity index (χ1v) is 14.7. The fourth-order valence-electron chi connectivity index (χ4n) is 6.82. The summed E-state index contributed by atoms with van der Waals surface area (Å²) in [6.07, 6.45) is 3.33. The Morgan fingerprint density at radius 1 is 1.18 bits per heavy atom. The predicted molar refractivity (Wildman–Crippen MR) is 154 cm³/mol. The van der Waals surface area contributed by atoms with Crippen LogP contribution in [-0.4, -0.2) is 60.2 Å². The number of benzene rings is 1. The van der Waals surface area contributed by atoms with Gasteiger partial charge in [-0.1, -0.05) is 17.7 Å². The molecule has 3 aliphatic heterocycles. The molecule has 1 N–H and O–H groups in total. The summed E-state index contributed by atoms with van der Waals surface area (Å²) in [7, 11) is 0. The fourth-order valence-corrected chi connectivity index (χ4v) is 7.00. The summed E-state index contributed by atoms with van der Waals surface area (Å²) in [5.74, 6) is 0.598. The van der Waals surface area contributed by atoms with Gasteiger partial charge >= 0.3 is 0 Å². The maximum Gasteiger partial charge on any atom is 0.265 e. The molecule has 6 nitrogen and oxygen atoms in total. The molecule has 5 heterocycles. The van der Waals surface area contributed by atoms with Gasteiger partial charge in [-0.15, -0.1) is 0 Å². The number of aromatic nitrogens is 2. The second-order valence-corrected chi connectivity index (χ2v) is 11.7. The first-order valence-electron chi connectivity index (χ1n) is 14.3. The maximum atomic E-state index is 13.9. The average molecular weight is 568 g/mol. The molecule has 0 unspecified atom stereocenters. The molecule has 0 bridgehead atoms. The van der Waals surface area contributed by atoms with E-state index in [2.05, 4.69) is 32.2 Å². The predicted octanol–water partition coefficient (Wildman–Crippen LogP) is 6.24. The number of alkyl halides is 2. The summed E-state index contributed by atoms with van der Waals surface area (Å²) in [5.41, 5.74) is 4.67. The Bertz CT molecular complexity index is 1340. The van der Waals surface area contributed by atoms with E-state index in [9.17, 15) is 8.78 Å². The Labute approximate surface area is 239 Å². The molecular formula is C31H36ClF2N5O. The van der Waals surface area contributed by atoms with Crippen LogP contribution < -0.4 is 15.0 Å². The number of anilines is 1. The van der Waals surface area contributed by atoms with Crippen molar-refractivity contribution in [1.82, 2.24) is 20.2 Å². The summed E-state index contributed by atoms with van der Waals surface area (Å²) >= 11 is 6.06. The van der Waals surface area contributed by atoms with Crippen LogP contribution >= 0.6 is 11.6 Å². The van der Waals surface area contributed by atoms with Gasteiger partial charge in [0.2, 0.25) is 5.88 Å². The number of rotatable bonds is 7. The topological polar surface area (TPSA) is 53.5 Å². The molecule has 2 fully saturated rings. The highest BCUT2D eigenvalue weighted by Crippen LogP contribution is 2.44. The zero-order valence-corrected chi connectivity index (χ0v) is 23.6. The number of piperidine rings is 1. The van der Waals surface area contributed by atoms with Crippen molar-refractivity contribution in [3.8, 4) is 17.1 Å². The Morgan fingerprint density at radius 2 is 2.02 bits per heavy atom. The van der Waals surface area contributed by atoms with Crippen LogP contribution in [0.2, 0.25) is 5.02 Å². The Balaban J connectivity index is 1.32. The summed E-state index contributed by atoms with van der Waals surface area (Å²) < 4.78 is 33.6. The van der Waals surface area contributed by atoms with Crippen LogP contribution in [0.4, 0.5) is 14.5 Å². The number of fused-ring (bicyclic) bond motifs is 2. The van der Waals surface area contributed by atoms with Gasteiger partial charge in [0, 0.05) is 66.7 Å². The van der Waals surface area contributed by atoms with E-state index in [0.717, 1.165) is 56.0 Å². The molecule has 1 atom stereocenters. The van der Waals surface area contributed by atoms with Gasteiger partial charge in [0.05, 0.1) is 23.6 Å². The molecule has 40 heavy (non-hydrogen) atoms.